The third-order valence-corrected chi connectivity index (χ3v) is 3.69. The zero-order valence-corrected chi connectivity index (χ0v) is 11.5. The number of aromatic nitrogens is 3. The summed E-state index contributed by atoms with van der Waals surface area (Å²) in [6, 6.07) is 1.81. The molecule has 0 radical (unpaired) electrons. The van der Waals surface area contributed by atoms with Crippen molar-refractivity contribution in [2.45, 2.75) is 13.0 Å². The predicted molar refractivity (Wildman–Crippen MR) is 75.8 cm³/mol. The largest absolute Gasteiger partial charge is 0.379 e. The quantitative estimate of drug-likeness (QED) is 0.824. The van der Waals surface area contributed by atoms with E-state index in [1.165, 1.54) is 0 Å². The van der Waals surface area contributed by atoms with E-state index in [9.17, 15) is 4.79 Å². The van der Waals surface area contributed by atoms with Crippen LogP contribution in [0.15, 0.2) is 29.6 Å². The van der Waals surface area contributed by atoms with Crippen molar-refractivity contribution < 1.29 is 4.74 Å². The van der Waals surface area contributed by atoms with Gasteiger partial charge in [0.05, 0.1) is 36.6 Å². The van der Waals surface area contributed by atoms with E-state index < -0.39 is 0 Å². The maximum Gasteiger partial charge on any atom is 0.261 e. The molecule has 1 fully saturated rings. The molecule has 6 nitrogen and oxygen atoms in total. The minimum absolute atomic E-state index is 0.00170. The molecule has 0 unspecified atom stereocenters. The molecule has 0 spiro atoms. The lowest BCUT2D eigenvalue weighted by molar-refractivity contribution is 0.0323. The average molecular weight is 274 g/mol. The molecule has 0 aromatic carbocycles. The van der Waals surface area contributed by atoms with Crippen LogP contribution in [0.3, 0.4) is 0 Å². The smallest absolute Gasteiger partial charge is 0.261 e. The number of ether oxygens (including phenoxy) is 1. The summed E-state index contributed by atoms with van der Waals surface area (Å²) >= 11 is 0. The number of hydrogen-bond donors (Lipinski definition) is 0. The van der Waals surface area contributed by atoms with Crippen molar-refractivity contribution in [2.24, 2.45) is 0 Å². The van der Waals surface area contributed by atoms with Crippen molar-refractivity contribution >= 4 is 10.9 Å². The maximum atomic E-state index is 12.5. The first-order valence-electron chi connectivity index (χ1n) is 6.86. The van der Waals surface area contributed by atoms with E-state index in [0.717, 1.165) is 32.8 Å². The molecule has 0 N–H and O–H groups in total. The molecule has 6 heteroatoms. The van der Waals surface area contributed by atoms with Crippen LogP contribution in [-0.2, 0) is 4.74 Å². The van der Waals surface area contributed by atoms with E-state index in [4.69, 9.17) is 4.74 Å². The molecule has 0 aliphatic carbocycles. The Bertz CT molecular complexity index is 649. The normalized spacial score (nSPS) is 18.2. The molecule has 2 aromatic heterocycles. The predicted octanol–water partition coefficient (Wildman–Crippen LogP) is 0.685. The molecular formula is C14H18N4O2. The minimum atomic E-state index is -0.00170. The van der Waals surface area contributed by atoms with Gasteiger partial charge < -0.3 is 4.74 Å². The molecule has 0 amide bonds. The van der Waals surface area contributed by atoms with Crippen LogP contribution in [0, 0.1) is 0 Å². The van der Waals surface area contributed by atoms with Crippen LogP contribution in [-0.4, -0.2) is 52.3 Å². The summed E-state index contributed by atoms with van der Waals surface area (Å²) in [6.07, 6.45) is 4.87. The Morgan fingerprint density at radius 1 is 1.40 bits per heavy atom. The number of hydrogen-bond acceptors (Lipinski definition) is 5. The number of nitrogens with zero attached hydrogens (tertiary/aromatic N) is 4. The third kappa shape index (κ3) is 2.57. The second kappa shape index (κ2) is 5.68. The fourth-order valence-corrected chi connectivity index (χ4v) is 2.55. The van der Waals surface area contributed by atoms with Gasteiger partial charge >= 0.3 is 0 Å². The van der Waals surface area contributed by atoms with Gasteiger partial charge in [-0.25, -0.2) is 4.98 Å². The Hall–Kier alpha value is -1.79. The number of rotatable bonds is 3. The van der Waals surface area contributed by atoms with Gasteiger partial charge in [0, 0.05) is 31.9 Å². The van der Waals surface area contributed by atoms with Crippen molar-refractivity contribution in [2.75, 3.05) is 32.8 Å². The van der Waals surface area contributed by atoms with Gasteiger partial charge in [0.25, 0.3) is 5.56 Å². The molecular weight excluding hydrogens is 256 g/mol. The average Bonchev–Trinajstić information content (AvgIpc) is 2.49. The summed E-state index contributed by atoms with van der Waals surface area (Å²) in [5.41, 5.74) is 0.644. The molecule has 2 aromatic rings. The summed E-state index contributed by atoms with van der Waals surface area (Å²) in [5.74, 6) is 0. The van der Waals surface area contributed by atoms with E-state index in [1.807, 2.05) is 6.92 Å². The molecule has 1 aliphatic rings. The molecule has 1 aliphatic heterocycles. The molecule has 1 atom stereocenters. The van der Waals surface area contributed by atoms with Crippen LogP contribution in [0.25, 0.3) is 10.9 Å². The lowest BCUT2D eigenvalue weighted by Gasteiger charge is -2.29. The van der Waals surface area contributed by atoms with E-state index >= 15 is 0 Å². The van der Waals surface area contributed by atoms with E-state index in [1.54, 1.807) is 29.4 Å². The summed E-state index contributed by atoms with van der Waals surface area (Å²) in [5, 5.41) is 0.622. The number of pyridine rings is 1. The monoisotopic (exact) mass is 274 g/mol. The summed E-state index contributed by atoms with van der Waals surface area (Å²) < 4.78 is 7.05. The van der Waals surface area contributed by atoms with E-state index in [0.29, 0.717) is 10.9 Å². The van der Waals surface area contributed by atoms with Crippen LogP contribution in [0.2, 0.25) is 0 Å². The highest BCUT2D eigenvalue weighted by atomic mass is 16.5. The molecule has 0 bridgehead atoms. The molecule has 3 heterocycles. The van der Waals surface area contributed by atoms with Crippen LogP contribution in [0.4, 0.5) is 0 Å². The first kappa shape index (κ1) is 13.2. The second-order valence-electron chi connectivity index (χ2n) is 5.11. The zero-order chi connectivity index (χ0) is 13.9. The second-order valence-corrected chi connectivity index (χ2v) is 5.11. The summed E-state index contributed by atoms with van der Waals surface area (Å²) in [4.78, 5) is 23.1. The Labute approximate surface area is 117 Å². The lowest BCUT2D eigenvalue weighted by atomic mass is 10.2. The summed E-state index contributed by atoms with van der Waals surface area (Å²) in [6.45, 7) is 6.26. The first-order chi connectivity index (χ1) is 9.75. The highest BCUT2D eigenvalue weighted by molar-refractivity contribution is 5.75. The van der Waals surface area contributed by atoms with Gasteiger partial charge in [0.2, 0.25) is 0 Å². The van der Waals surface area contributed by atoms with Gasteiger partial charge in [0.1, 0.15) is 0 Å². The van der Waals surface area contributed by atoms with Gasteiger partial charge in [-0.2, -0.15) is 0 Å². The van der Waals surface area contributed by atoms with Gasteiger partial charge in [-0.05, 0) is 13.0 Å². The van der Waals surface area contributed by atoms with E-state index in [-0.39, 0.29) is 11.6 Å². The minimum Gasteiger partial charge on any atom is -0.379 e. The highest BCUT2D eigenvalue weighted by Crippen LogP contribution is 2.09. The Morgan fingerprint density at radius 3 is 3.00 bits per heavy atom. The van der Waals surface area contributed by atoms with Crippen molar-refractivity contribution in [3.63, 3.8) is 0 Å². The first-order valence-corrected chi connectivity index (χ1v) is 6.86. The van der Waals surface area contributed by atoms with Crippen LogP contribution >= 0.6 is 0 Å². The van der Waals surface area contributed by atoms with Crippen LogP contribution in [0.1, 0.15) is 13.0 Å². The Balaban J connectivity index is 1.85. The lowest BCUT2D eigenvalue weighted by Crippen LogP contribution is -2.40. The fourth-order valence-electron chi connectivity index (χ4n) is 2.55. The van der Waals surface area contributed by atoms with Crippen molar-refractivity contribution in [3.05, 3.63) is 35.1 Å². The van der Waals surface area contributed by atoms with Gasteiger partial charge in [-0.3, -0.25) is 19.2 Å². The maximum absolute atomic E-state index is 12.5. The van der Waals surface area contributed by atoms with Crippen molar-refractivity contribution in [3.8, 4) is 0 Å². The van der Waals surface area contributed by atoms with Crippen molar-refractivity contribution in [1.29, 1.82) is 0 Å². The molecule has 106 valence electrons. The van der Waals surface area contributed by atoms with Gasteiger partial charge in [-0.15, -0.1) is 0 Å². The highest BCUT2D eigenvalue weighted by Gasteiger charge is 2.16. The molecule has 3 rings (SSSR count). The molecule has 20 heavy (non-hydrogen) atoms. The number of fused-ring (bicyclic) bond motifs is 1. The van der Waals surface area contributed by atoms with Gasteiger partial charge in [-0.1, -0.05) is 0 Å². The Kier molecular flexibility index (Phi) is 3.75. The fraction of sp³-hybridized carbons (Fsp3) is 0.500. The van der Waals surface area contributed by atoms with Crippen LogP contribution in [0.5, 0.6) is 0 Å². The molecule has 0 saturated carbocycles. The SMILES string of the molecule is C[C@H](CN1CCOCC1)n1cnc2cnccc2c1=O. The van der Waals surface area contributed by atoms with Crippen molar-refractivity contribution in [1.82, 2.24) is 19.4 Å². The zero-order valence-electron chi connectivity index (χ0n) is 11.5. The van der Waals surface area contributed by atoms with Crippen LogP contribution < -0.4 is 5.56 Å². The molecule has 1 saturated heterocycles. The topological polar surface area (TPSA) is 60.2 Å². The standard InChI is InChI=1S/C14H18N4O2/c1-11(9-17-4-6-20-7-5-17)18-10-16-13-8-15-3-2-12(13)14(18)19/h2-3,8,10-11H,4-7,9H2,1H3/t11-/m1/s1. The number of morpholine rings is 1. The van der Waals surface area contributed by atoms with Gasteiger partial charge in [0.15, 0.2) is 0 Å². The summed E-state index contributed by atoms with van der Waals surface area (Å²) in [7, 11) is 0. The third-order valence-electron chi connectivity index (χ3n) is 3.69. The Morgan fingerprint density at radius 2 is 2.20 bits per heavy atom. The van der Waals surface area contributed by atoms with E-state index in [2.05, 4.69) is 14.9 Å².